The van der Waals surface area contributed by atoms with E-state index in [0.29, 0.717) is 0 Å². The highest BCUT2D eigenvalue weighted by atomic mass is 32.1. The molecule has 0 amide bonds. The summed E-state index contributed by atoms with van der Waals surface area (Å²) in [6, 6.07) is 10.2. The summed E-state index contributed by atoms with van der Waals surface area (Å²) in [6.07, 6.45) is 0. The van der Waals surface area contributed by atoms with Gasteiger partial charge in [0.1, 0.15) is 0 Å². The van der Waals surface area contributed by atoms with Gasteiger partial charge in [0.25, 0.3) is 0 Å². The van der Waals surface area contributed by atoms with Crippen molar-refractivity contribution in [2.24, 2.45) is 0 Å². The number of ether oxygens (including phenoxy) is 1. The van der Waals surface area contributed by atoms with E-state index < -0.39 is 0 Å². The van der Waals surface area contributed by atoms with Crippen LogP contribution in [-0.2, 0) is 4.74 Å². The molecule has 0 atom stereocenters. The zero-order valence-electron chi connectivity index (χ0n) is 10.1. The average molecular weight is 248 g/mol. The fraction of sp³-hybridized carbons (Fsp3) is 0.308. The van der Waals surface area contributed by atoms with Gasteiger partial charge in [-0.2, -0.15) is 0 Å². The van der Waals surface area contributed by atoms with Gasteiger partial charge < -0.3 is 9.64 Å². The van der Waals surface area contributed by atoms with Gasteiger partial charge in [-0.15, -0.1) is 11.3 Å². The zero-order valence-corrected chi connectivity index (χ0v) is 10.9. The van der Waals surface area contributed by atoms with Crippen LogP contribution in [0.3, 0.4) is 0 Å². The molecule has 0 spiro atoms. The van der Waals surface area contributed by atoms with Crippen molar-refractivity contribution in [2.75, 3.05) is 32.2 Å². The number of hydrogen-bond acceptors (Lipinski definition) is 4. The van der Waals surface area contributed by atoms with E-state index >= 15 is 0 Å². The third-order valence-corrected chi connectivity index (χ3v) is 3.47. The lowest BCUT2D eigenvalue weighted by Gasteiger charge is -2.14. The number of rotatable bonds is 5. The Morgan fingerprint density at radius 1 is 1.29 bits per heavy atom. The molecule has 0 N–H and O–H groups in total. The lowest BCUT2D eigenvalue weighted by Crippen LogP contribution is -2.21. The first-order valence-electron chi connectivity index (χ1n) is 5.52. The maximum absolute atomic E-state index is 5.06. The van der Waals surface area contributed by atoms with Crippen molar-refractivity contribution in [3.05, 3.63) is 35.7 Å². The van der Waals surface area contributed by atoms with E-state index in [1.54, 1.807) is 18.4 Å². The number of nitrogens with zero attached hydrogens (tertiary/aromatic N) is 2. The summed E-state index contributed by atoms with van der Waals surface area (Å²) < 4.78 is 5.06. The number of likely N-dealkylation sites (N-methyl/N-ethyl adjacent to an activating group) is 1. The van der Waals surface area contributed by atoms with E-state index in [2.05, 4.69) is 27.4 Å². The van der Waals surface area contributed by atoms with Gasteiger partial charge in [0.05, 0.1) is 12.3 Å². The van der Waals surface area contributed by atoms with Crippen molar-refractivity contribution in [3.63, 3.8) is 0 Å². The minimum absolute atomic E-state index is 0.719. The molecule has 0 fully saturated rings. The van der Waals surface area contributed by atoms with Gasteiger partial charge in [0.15, 0.2) is 5.13 Å². The van der Waals surface area contributed by atoms with Crippen LogP contribution >= 0.6 is 11.3 Å². The lowest BCUT2D eigenvalue weighted by atomic mass is 10.2. The van der Waals surface area contributed by atoms with Gasteiger partial charge in [-0.25, -0.2) is 4.98 Å². The third-order valence-electron chi connectivity index (χ3n) is 2.52. The SMILES string of the molecule is COCCN(C)c1nc(-c2ccccc2)cs1. The van der Waals surface area contributed by atoms with Gasteiger partial charge in [-0.05, 0) is 0 Å². The van der Waals surface area contributed by atoms with Crippen molar-refractivity contribution >= 4 is 16.5 Å². The Morgan fingerprint density at radius 3 is 2.76 bits per heavy atom. The molecule has 0 saturated carbocycles. The van der Waals surface area contributed by atoms with Crippen molar-refractivity contribution in [1.29, 1.82) is 0 Å². The number of thiazole rings is 1. The molecule has 1 aromatic heterocycles. The molecule has 4 heteroatoms. The summed E-state index contributed by atoms with van der Waals surface area (Å²) in [7, 11) is 3.75. The Labute approximate surface area is 106 Å². The standard InChI is InChI=1S/C13H16N2OS/c1-15(8-9-16-2)13-14-12(10-17-13)11-6-4-3-5-7-11/h3-7,10H,8-9H2,1-2H3. The van der Waals surface area contributed by atoms with Crippen molar-refractivity contribution < 1.29 is 4.74 Å². The van der Waals surface area contributed by atoms with E-state index in [1.165, 1.54) is 0 Å². The second-order valence-corrected chi connectivity index (χ2v) is 4.63. The third kappa shape index (κ3) is 3.05. The molecular weight excluding hydrogens is 232 g/mol. The second kappa shape index (κ2) is 5.80. The molecule has 2 aromatic rings. The second-order valence-electron chi connectivity index (χ2n) is 3.80. The summed E-state index contributed by atoms with van der Waals surface area (Å²) in [5.74, 6) is 0. The Kier molecular flexibility index (Phi) is 4.12. The molecule has 2 rings (SSSR count). The van der Waals surface area contributed by atoms with E-state index in [0.717, 1.165) is 29.5 Å². The molecule has 3 nitrogen and oxygen atoms in total. The van der Waals surface area contributed by atoms with Gasteiger partial charge in [-0.1, -0.05) is 30.3 Å². The Hall–Kier alpha value is -1.39. The molecule has 0 bridgehead atoms. The minimum Gasteiger partial charge on any atom is -0.383 e. The maximum Gasteiger partial charge on any atom is 0.185 e. The number of hydrogen-bond donors (Lipinski definition) is 0. The minimum atomic E-state index is 0.719. The maximum atomic E-state index is 5.06. The fourth-order valence-corrected chi connectivity index (χ4v) is 2.33. The zero-order chi connectivity index (χ0) is 12.1. The summed E-state index contributed by atoms with van der Waals surface area (Å²) in [4.78, 5) is 6.73. The quantitative estimate of drug-likeness (QED) is 0.813. The topological polar surface area (TPSA) is 25.4 Å². The van der Waals surface area contributed by atoms with Crippen LogP contribution in [0.4, 0.5) is 5.13 Å². The summed E-state index contributed by atoms with van der Waals surface area (Å²) in [5, 5.41) is 3.12. The monoisotopic (exact) mass is 248 g/mol. The molecule has 0 radical (unpaired) electrons. The Morgan fingerprint density at radius 2 is 2.06 bits per heavy atom. The average Bonchev–Trinajstić information content (AvgIpc) is 2.86. The van der Waals surface area contributed by atoms with Crippen LogP contribution in [0.1, 0.15) is 0 Å². The van der Waals surface area contributed by atoms with Crippen molar-refractivity contribution in [3.8, 4) is 11.3 Å². The fourth-order valence-electron chi connectivity index (χ4n) is 1.50. The number of methoxy groups -OCH3 is 1. The van der Waals surface area contributed by atoms with Crippen molar-refractivity contribution in [1.82, 2.24) is 4.98 Å². The van der Waals surface area contributed by atoms with Crippen LogP contribution in [0, 0.1) is 0 Å². The lowest BCUT2D eigenvalue weighted by molar-refractivity contribution is 0.206. The molecule has 17 heavy (non-hydrogen) atoms. The molecule has 0 saturated heterocycles. The van der Waals surface area contributed by atoms with E-state index in [1.807, 2.05) is 25.2 Å². The van der Waals surface area contributed by atoms with Gasteiger partial charge in [0.2, 0.25) is 0 Å². The number of aromatic nitrogens is 1. The first-order valence-corrected chi connectivity index (χ1v) is 6.40. The highest BCUT2D eigenvalue weighted by molar-refractivity contribution is 7.14. The Bertz CT molecular complexity index is 455. The van der Waals surface area contributed by atoms with E-state index in [9.17, 15) is 0 Å². The van der Waals surface area contributed by atoms with Crippen LogP contribution < -0.4 is 4.90 Å². The molecule has 0 aliphatic heterocycles. The van der Waals surface area contributed by atoms with Crippen LogP contribution in [0.2, 0.25) is 0 Å². The van der Waals surface area contributed by atoms with Crippen LogP contribution in [0.5, 0.6) is 0 Å². The summed E-state index contributed by atoms with van der Waals surface area (Å²) in [5.41, 5.74) is 2.20. The number of anilines is 1. The van der Waals surface area contributed by atoms with Crippen LogP contribution in [0.15, 0.2) is 35.7 Å². The van der Waals surface area contributed by atoms with Crippen LogP contribution in [-0.4, -0.2) is 32.3 Å². The number of benzene rings is 1. The summed E-state index contributed by atoms with van der Waals surface area (Å²) >= 11 is 1.66. The van der Waals surface area contributed by atoms with Crippen LogP contribution in [0.25, 0.3) is 11.3 Å². The predicted octanol–water partition coefficient (Wildman–Crippen LogP) is 2.89. The first-order chi connectivity index (χ1) is 8.31. The van der Waals surface area contributed by atoms with Crippen molar-refractivity contribution in [2.45, 2.75) is 0 Å². The first kappa shape index (κ1) is 12.1. The molecule has 0 unspecified atom stereocenters. The summed E-state index contributed by atoms with van der Waals surface area (Å²) in [6.45, 7) is 1.58. The molecule has 1 heterocycles. The van der Waals surface area contributed by atoms with E-state index in [4.69, 9.17) is 4.74 Å². The van der Waals surface area contributed by atoms with E-state index in [-0.39, 0.29) is 0 Å². The van der Waals surface area contributed by atoms with Gasteiger partial charge in [0, 0.05) is 31.6 Å². The smallest absolute Gasteiger partial charge is 0.185 e. The highest BCUT2D eigenvalue weighted by Crippen LogP contribution is 2.26. The largest absolute Gasteiger partial charge is 0.383 e. The molecule has 0 aliphatic carbocycles. The molecule has 0 aliphatic rings. The van der Waals surface area contributed by atoms with Gasteiger partial charge >= 0.3 is 0 Å². The molecule has 1 aromatic carbocycles. The van der Waals surface area contributed by atoms with Gasteiger partial charge in [-0.3, -0.25) is 0 Å². The Balaban J connectivity index is 2.11. The highest BCUT2D eigenvalue weighted by Gasteiger charge is 2.07. The molecule has 90 valence electrons. The molecular formula is C13H16N2OS. The normalized spacial score (nSPS) is 10.5. The predicted molar refractivity (Wildman–Crippen MR) is 72.7 cm³/mol.